The molecule has 0 bridgehead atoms. The van der Waals surface area contributed by atoms with Crippen LogP contribution in [0.25, 0.3) is 0 Å². The van der Waals surface area contributed by atoms with E-state index in [9.17, 15) is 0 Å². The quantitative estimate of drug-likeness (QED) is 0.794. The Morgan fingerprint density at radius 1 is 1.00 bits per heavy atom. The van der Waals surface area contributed by atoms with Crippen LogP contribution in [-0.2, 0) is 0 Å². The molecule has 1 saturated heterocycles. The van der Waals surface area contributed by atoms with Crippen molar-refractivity contribution in [3.05, 3.63) is 0 Å². The average Bonchev–Trinajstić information content (AvgIpc) is 2.97. The molecule has 1 aliphatic heterocycles. The van der Waals surface area contributed by atoms with E-state index in [1.165, 1.54) is 77.4 Å². The third-order valence-electron chi connectivity index (χ3n) is 6.48. The fourth-order valence-electron chi connectivity index (χ4n) is 5.02. The lowest BCUT2D eigenvalue weighted by molar-refractivity contribution is 0.0205. The number of hydrogen-bond acceptors (Lipinski definition) is 2. The highest BCUT2D eigenvalue weighted by Gasteiger charge is 2.37. The van der Waals surface area contributed by atoms with E-state index < -0.39 is 0 Å². The summed E-state index contributed by atoms with van der Waals surface area (Å²) in [5.41, 5.74) is 0. The topological polar surface area (TPSA) is 15.3 Å². The van der Waals surface area contributed by atoms with E-state index in [-0.39, 0.29) is 0 Å². The summed E-state index contributed by atoms with van der Waals surface area (Å²) in [5, 5.41) is 3.96. The standard InChI is InChI=1S/C19H36N2/c1-3-6-17-11-18(20-12-16-7-4-5-8-16)14-21(13-17)19-10-9-15(19)2/h15-20H,3-14H2,1-2H3. The molecule has 2 saturated carbocycles. The van der Waals surface area contributed by atoms with Crippen molar-refractivity contribution in [3.63, 3.8) is 0 Å². The van der Waals surface area contributed by atoms with Gasteiger partial charge in [0.25, 0.3) is 0 Å². The predicted molar refractivity (Wildman–Crippen MR) is 90.5 cm³/mol. The maximum atomic E-state index is 3.96. The van der Waals surface area contributed by atoms with Gasteiger partial charge in [0, 0.05) is 25.2 Å². The number of hydrogen-bond donors (Lipinski definition) is 1. The summed E-state index contributed by atoms with van der Waals surface area (Å²) >= 11 is 0. The van der Waals surface area contributed by atoms with Gasteiger partial charge in [-0.2, -0.15) is 0 Å². The summed E-state index contributed by atoms with van der Waals surface area (Å²) in [6.45, 7) is 8.80. The lowest BCUT2D eigenvalue weighted by Crippen LogP contribution is -2.57. The van der Waals surface area contributed by atoms with E-state index in [0.717, 1.165) is 29.8 Å². The molecule has 1 heterocycles. The maximum Gasteiger partial charge on any atom is 0.0198 e. The molecular weight excluding hydrogens is 256 g/mol. The Bertz CT molecular complexity index is 311. The normalized spacial score (nSPS) is 38.6. The minimum atomic E-state index is 0.767. The molecule has 0 aromatic carbocycles. The lowest BCUT2D eigenvalue weighted by Gasteiger charge is -2.48. The Labute approximate surface area is 132 Å². The van der Waals surface area contributed by atoms with Crippen molar-refractivity contribution in [2.75, 3.05) is 19.6 Å². The second-order valence-corrected chi connectivity index (χ2v) is 8.22. The summed E-state index contributed by atoms with van der Waals surface area (Å²) in [6.07, 6.45) is 13.0. The molecule has 0 amide bonds. The molecule has 0 spiro atoms. The molecule has 4 atom stereocenters. The molecule has 21 heavy (non-hydrogen) atoms. The van der Waals surface area contributed by atoms with Crippen LogP contribution in [0.3, 0.4) is 0 Å². The van der Waals surface area contributed by atoms with Crippen LogP contribution >= 0.6 is 0 Å². The summed E-state index contributed by atoms with van der Waals surface area (Å²) in [6, 6.07) is 1.67. The number of nitrogens with one attached hydrogen (secondary N) is 1. The average molecular weight is 293 g/mol. The Morgan fingerprint density at radius 3 is 2.43 bits per heavy atom. The fraction of sp³-hybridized carbons (Fsp3) is 1.00. The van der Waals surface area contributed by atoms with Gasteiger partial charge in [-0.3, -0.25) is 4.90 Å². The Balaban J connectivity index is 1.51. The molecule has 3 fully saturated rings. The van der Waals surface area contributed by atoms with Crippen molar-refractivity contribution < 1.29 is 0 Å². The van der Waals surface area contributed by atoms with Crippen LogP contribution < -0.4 is 5.32 Å². The third kappa shape index (κ3) is 4.01. The molecule has 2 heteroatoms. The Kier molecular flexibility index (Phi) is 5.61. The van der Waals surface area contributed by atoms with Crippen molar-refractivity contribution in [2.24, 2.45) is 17.8 Å². The van der Waals surface area contributed by atoms with E-state index in [2.05, 4.69) is 24.1 Å². The van der Waals surface area contributed by atoms with Crippen molar-refractivity contribution >= 4 is 0 Å². The van der Waals surface area contributed by atoms with Crippen LogP contribution in [0.15, 0.2) is 0 Å². The fourth-order valence-corrected chi connectivity index (χ4v) is 5.02. The first kappa shape index (κ1) is 15.8. The molecular formula is C19H36N2. The highest BCUT2D eigenvalue weighted by Crippen LogP contribution is 2.35. The van der Waals surface area contributed by atoms with Crippen LogP contribution in [0.5, 0.6) is 0 Å². The molecule has 2 nitrogen and oxygen atoms in total. The van der Waals surface area contributed by atoms with Gasteiger partial charge in [0.15, 0.2) is 0 Å². The van der Waals surface area contributed by atoms with Crippen LogP contribution in [0.2, 0.25) is 0 Å². The summed E-state index contributed by atoms with van der Waals surface area (Å²) in [4.78, 5) is 2.85. The second-order valence-electron chi connectivity index (χ2n) is 8.22. The molecule has 3 rings (SSSR count). The van der Waals surface area contributed by atoms with E-state index in [1.54, 1.807) is 0 Å². The lowest BCUT2D eigenvalue weighted by atomic mass is 9.77. The molecule has 0 radical (unpaired) electrons. The second kappa shape index (κ2) is 7.46. The molecule has 1 N–H and O–H groups in total. The number of nitrogens with zero attached hydrogens (tertiary/aromatic N) is 1. The monoisotopic (exact) mass is 292 g/mol. The van der Waals surface area contributed by atoms with Gasteiger partial charge in [-0.15, -0.1) is 0 Å². The third-order valence-corrected chi connectivity index (χ3v) is 6.48. The van der Waals surface area contributed by atoms with Gasteiger partial charge in [-0.1, -0.05) is 33.1 Å². The molecule has 2 aliphatic carbocycles. The van der Waals surface area contributed by atoms with E-state index in [4.69, 9.17) is 0 Å². The predicted octanol–water partition coefficient (Wildman–Crippen LogP) is 4.06. The van der Waals surface area contributed by atoms with Crippen LogP contribution in [0.1, 0.15) is 71.6 Å². The SMILES string of the molecule is CCCC1CC(NCC2CCCC2)CN(C2CCC2C)C1. The van der Waals surface area contributed by atoms with Gasteiger partial charge >= 0.3 is 0 Å². The first-order chi connectivity index (χ1) is 10.3. The largest absolute Gasteiger partial charge is 0.312 e. The van der Waals surface area contributed by atoms with Crippen molar-refractivity contribution in [1.82, 2.24) is 10.2 Å². The van der Waals surface area contributed by atoms with Crippen molar-refractivity contribution in [1.29, 1.82) is 0 Å². The molecule has 3 aliphatic rings. The van der Waals surface area contributed by atoms with E-state index in [1.807, 2.05) is 0 Å². The molecule has 122 valence electrons. The van der Waals surface area contributed by atoms with Gasteiger partial charge in [0.05, 0.1) is 0 Å². The molecule has 0 aromatic heterocycles. The van der Waals surface area contributed by atoms with Gasteiger partial charge < -0.3 is 5.32 Å². The maximum absolute atomic E-state index is 3.96. The summed E-state index contributed by atoms with van der Waals surface area (Å²) in [5.74, 6) is 2.87. The molecule has 0 aromatic rings. The summed E-state index contributed by atoms with van der Waals surface area (Å²) in [7, 11) is 0. The number of rotatable bonds is 6. The molecule has 4 unspecified atom stereocenters. The highest BCUT2D eigenvalue weighted by molar-refractivity contribution is 4.93. The van der Waals surface area contributed by atoms with Crippen LogP contribution in [0, 0.1) is 17.8 Å². The van der Waals surface area contributed by atoms with Gasteiger partial charge in [-0.25, -0.2) is 0 Å². The van der Waals surface area contributed by atoms with Gasteiger partial charge in [0.1, 0.15) is 0 Å². The van der Waals surface area contributed by atoms with E-state index >= 15 is 0 Å². The highest BCUT2D eigenvalue weighted by atomic mass is 15.2. The first-order valence-electron chi connectivity index (χ1n) is 9.73. The Morgan fingerprint density at radius 2 is 1.81 bits per heavy atom. The smallest absolute Gasteiger partial charge is 0.0198 e. The first-order valence-corrected chi connectivity index (χ1v) is 9.73. The van der Waals surface area contributed by atoms with E-state index in [0.29, 0.717) is 0 Å². The zero-order valence-electron chi connectivity index (χ0n) is 14.3. The van der Waals surface area contributed by atoms with Crippen molar-refractivity contribution in [2.45, 2.75) is 83.7 Å². The van der Waals surface area contributed by atoms with Gasteiger partial charge in [-0.05, 0) is 62.8 Å². The summed E-state index contributed by atoms with van der Waals surface area (Å²) < 4.78 is 0. The minimum absolute atomic E-state index is 0.767. The number of piperidine rings is 1. The zero-order chi connectivity index (χ0) is 14.7. The van der Waals surface area contributed by atoms with Crippen LogP contribution in [0.4, 0.5) is 0 Å². The van der Waals surface area contributed by atoms with Crippen LogP contribution in [-0.4, -0.2) is 36.6 Å². The van der Waals surface area contributed by atoms with Crippen molar-refractivity contribution in [3.8, 4) is 0 Å². The van der Waals surface area contributed by atoms with Gasteiger partial charge in [0.2, 0.25) is 0 Å². The number of likely N-dealkylation sites (tertiary alicyclic amines) is 1. The Hall–Kier alpha value is -0.0800. The zero-order valence-corrected chi connectivity index (χ0v) is 14.3. The minimum Gasteiger partial charge on any atom is -0.312 e.